The van der Waals surface area contributed by atoms with E-state index < -0.39 is 0 Å². The topological polar surface area (TPSA) is 50.4 Å². The summed E-state index contributed by atoms with van der Waals surface area (Å²) < 4.78 is 6.58. The van der Waals surface area contributed by atoms with Gasteiger partial charge in [-0.1, -0.05) is 22.0 Å². The minimum atomic E-state index is -0.166. The summed E-state index contributed by atoms with van der Waals surface area (Å²) in [4.78, 5) is 11.6. The predicted molar refractivity (Wildman–Crippen MR) is 85.0 cm³/mol. The number of carbonyl (C=O) groups is 1. The van der Waals surface area contributed by atoms with Crippen LogP contribution in [0.2, 0.25) is 0 Å². The lowest BCUT2D eigenvalue weighted by Crippen LogP contribution is -2.41. The normalized spacial score (nSPS) is 11.2. The van der Waals surface area contributed by atoms with E-state index in [1.807, 2.05) is 45.0 Å². The summed E-state index contributed by atoms with van der Waals surface area (Å²) in [6, 6.07) is 7.74. The molecule has 0 saturated heterocycles. The zero-order valence-corrected chi connectivity index (χ0v) is 13.9. The predicted octanol–water partition coefficient (Wildman–Crippen LogP) is 2.72. The Morgan fingerprint density at radius 1 is 1.30 bits per heavy atom. The van der Waals surface area contributed by atoms with Crippen LogP contribution in [0, 0.1) is 0 Å². The fourth-order valence-electron chi connectivity index (χ4n) is 1.61. The van der Waals surface area contributed by atoms with E-state index in [1.165, 1.54) is 0 Å². The van der Waals surface area contributed by atoms with Gasteiger partial charge in [0.2, 0.25) is 5.91 Å². The van der Waals surface area contributed by atoms with Gasteiger partial charge in [0.15, 0.2) is 0 Å². The van der Waals surface area contributed by atoms with E-state index in [2.05, 4.69) is 26.6 Å². The monoisotopic (exact) mass is 342 g/mol. The lowest BCUT2D eigenvalue weighted by molar-refractivity contribution is -0.122. The number of rotatable bonds is 7. The van der Waals surface area contributed by atoms with Crippen LogP contribution in [0.3, 0.4) is 0 Å². The summed E-state index contributed by atoms with van der Waals surface area (Å²) in [5.41, 5.74) is -0.166. The van der Waals surface area contributed by atoms with Crippen LogP contribution in [0.1, 0.15) is 27.2 Å². The molecule has 0 bridgehead atoms. The van der Waals surface area contributed by atoms with Crippen molar-refractivity contribution in [3.63, 3.8) is 0 Å². The zero-order chi connectivity index (χ0) is 15.0. The molecule has 0 aliphatic heterocycles. The summed E-state index contributed by atoms with van der Waals surface area (Å²) in [6.07, 6.45) is 0.480. The summed E-state index contributed by atoms with van der Waals surface area (Å²) in [6.45, 7) is 7.88. The fraction of sp³-hybridized carbons (Fsp3) is 0.533. The number of amides is 1. The molecular formula is C15H23BrN2O2. The highest BCUT2D eigenvalue weighted by atomic mass is 79.9. The van der Waals surface area contributed by atoms with Crippen molar-refractivity contribution in [1.82, 2.24) is 10.6 Å². The Morgan fingerprint density at radius 2 is 2.05 bits per heavy atom. The first-order valence-corrected chi connectivity index (χ1v) is 7.56. The molecule has 1 aromatic carbocycles. The molecule has 112 valence electrons. The van der Waals surface area contributed by atoms with Gasteiger partial charge in [-0.05, 0) is 39.0 Å². The number of hydrogen-bond donors (Lipinski definition) is 2. The minimum Gasteiger partial charge on any atom is -0.492 e. The van der Waals surface area contributed by atoms with E-state index in [0.29, 0.717) is 19.6 Å². The molecule has 0 spiro atoms. The summed E-state index contributed by atoms with van der Waals surface area (Å²) in [7, 11) is 0. The average Bonchev–Trinajstić information content (AvgIpc) is 2.31. The molecule has 0 atom stereocenters. The summed E-state index contributed by atoms with van der Waals surface area (Å²) in [5, 5.41) is 6.12. The van der Waals surface area contributed by atoms with Gasteiger partial charge in [-0.15, -0.1) is 0 Å². The Balaban J connectivity index is 2.07. The highest BCUT2D eigenvalue weighted by Crippen LogP contribution is 2.17. The van der Waals surface area contributed by atoms with Crippen molar-refractivity contribution in [1.29, 1.82) is 0 Å². The van der Waals surface area contributed by atoms with Gasteiger partial charge in [-0.25, -0.2) is 0 Å². The van der Waals surface area contributed by atoms with E-state index in [9.17, 15) is 4.79 Å². The van der Waals surface area contributed by atoms with Gasteiger partial charge >= 0.3 is 0 Å². The van der Waals surface area contributed by atoms with Crippen LogP contribution < -0.4 is 15.4 Å². The molecule has 1 rings (SSSR count). The van der Waals surface area contributed by atoms with Crippen LogP contribution in [0.25, 0.3) is 0 Å². The Kier molecular flexibility index (Phi) is 7.02. The van der Waals surface area contributed by atoms with Crippen LogP contribution in [0.15, 0.2) is 28.7 Å². The van der Waals surface area contributed by atoms with E-state index >= 15 is 0 Å². The SMILES string of the molecule is CC(C)(C)NC(=O)CCNCCOc1cccc(Br)c1. The number of halogens is 1. The van der Waals surface area contributed by atoms with Gasteiger partial charge in [0, 0.05) is 29.5 Å². The second kappa shape index (κ2) is 8.27. The molecule has 0 aliphatic rings. The van der Waals surface area contributed by atoms with E-state index in [1.54, 1.807) is 0 Å². The third-order valence-electron chi connectivity index (χ3n) is 2.39. The van der Waals surface area contributed by atoms with Crippen molar-refractivity contribution in [2.75, 3.05) is 19.7 Å². The maximum atomic E-state index is 11.6. The van der Waals surface area contributed by atoms with Gasteiger partial charge in [-0.2, -0.15) is 0 Å². The molecule has 1 aromatic rings. The largest absolute Gasteiger partial charge is 0.492 e. The van der Waals surface area contributed by atoms with Gasteiger partial charge in [-0.3, -0.25) is 4.79 Å². The second-order valence-electron chi connectivity index (χ2n) is 5.60. The number of carbonyl (C=O) groups excluding carboxylic acids is 1. The van der Waals surface area contributed by atoms with Crippen molar-refractivity contribution in [2.24, 2.45) is 0 Å². The van der Waals surface area contributed by atoms with Crippen molar-refractivity contribution in [3.05, 3.63) is 28.7 Å². The highest BCUT2D eigenvalue weighted by Gasteiger charge is 2.12. The van der Waals surface area contributed by atoms with Gasteiger partial charge in [0.05, 0.1) is 0 Å². The lowest BCUT2D eigenvalue weighted by Gasteiger charge is -2.20. The number of hydrogen-bond acceptors (Lipinski definition) is 3. The standard InChI is InChI=1S/C15H23BrN2O2/c1-15(2,3)18-14(19)7-8-17-9-10-20-13-6-4-5-12(16)11-13/h4-6,11,17H,7-10H2,1-3H3,(H,18,19). The van der Waals surface area contributed by atoms with Crippen LogP contribution in [-0.4, -0.2) is 31.1 Å². The third kappa shape index (κ3) is 8.17. The Labute approximate surface area is 129 Å². The minimum absolute atomic E-state index is 0.0675. The third-order valence-corrected chi connectivity index (χ3v) is 2.88. The van der Waals surface area contributed by atoms with Crippen molar-refractivity contribution >= 4 is 21.8 Å². The second-order valence-corrected chi connectivity index (χ2v) is 6.52. The molecule has 0 radical (unpaired) electrons. The fourth-order valence-corrected chi connectivity index (χ4v) is 1.98. The first kappa shape index (κ1) is 17.0. The molecule has 20 heavy (non-hydrogen) atoms. The average molecular weight is 343 g/mol. The maximum absolute atomic E-state index is 11.6. The molecular weight excluding hydrogens is 320 g/mol. The van der Waals surface area contributed by atoms with Crippen LogP contribution in [0.4, 0.5) is 0 Å². The Bertz CT molecular complexity index is 430. The van der Waals surface area contributed by atoms with E-state index in [-0.39, 0.29) is 11.4 Å². The molecule has 0 unspecified atom stereocenters. The van der Waals surface area contributed by atoms with Crippen molar-refractivity contribution in [2.45, 2.75) is 32.7 Å². The molecule has 0 saturated carbocycles. The van der Waals surface area contributed by atoms with Gasteiger partial charge in [0.25, 0.3) is 0 Å². The smallest absolute Gasteiger partial charge is 0.221 e. The van der Waals surface area contributed by atoms with E-state index in [4.69, 9.17) is 4.74 Å². The summed E-state index contributed by atoms with van der Waals surface area (Å²) >= 11 is 3.40. The van der Waals surface area contributed by atoms with Crippen LogP contribution in [-0.2, 0) is 4.79 Å². The Morgan fingerprint density at radius 3 is 2.70 bits per heavy atom. The Hall–Kier alpha value is -1.07. The molecule has 0 heterocycles. The quantitative estimate of drug-likeness (QED) is 0.749. The molecule has 5 heteroatoms. The van der Waals surface area contributed by atoms with Crippen LogP contribution in [0.5, 0.6) is 5.75 Å². The first-order chi connectivity index (χ1) is 9.37. The van der Waals surface area contributed by atoms with E-state index in [0.717, 1.165) is 16.8 Å². The molecule has 0 aliphatic carbocycles. The number of benzene rings is 1. The lowest BCUT2D eigenvalue weighted by atomic mass is 10.1. The van der Waals surface area contributed by atoms with Crippen LogP contribution >= 0.6 is 15.9 Å². The van der Waals surface area contributed by atoms with Gasteiger partial charge < -0.3 is 15.4 Å². The first-order valence-electron chi connectivity index (χ1n) is 6.77. The molecule has 4 nitrogen and oxygen atoms in total. The number of ether oxygens (including phenoxy) is 1. The molecule has 0 aromatic heterocycles. The molecule has 1 amide bonds. The molecule has 0 fully saturated rings. The maximum Gasteiger partial charge on any atom is 0.221 e. The summed E-state index contributed by atoms with van der Waals surface area (Å²) in [5.74, 6) is 0.907. The molecule has 2 N–H and O–H groups in total. The number of nitrogens with one attached hydrogen (secondary N) is 2. The van der Waals surface area contributed by atoms with Crippen molar-refractivity contribution < 1.29 is 9.53 Å². The van der Waals surface area contributed by atoms with Gasteiger partial charge in [0.1, 0.15) is 12.4 Å². The zero-order valence-electron chi connectivity index (χ0n) is 12.3. The highest BCUT2D eigenvalue weighted by molar-refractivity contribution is 9.10. The van der Waals surface area contributed by atoms with Crippen molar-refractivity contribution in [3.8, 4) is 5.75 Å².